The molecule has 0 fully saturated rings. The first kappa shape index (κ1) is 15.3. The molecule has 5 nitrogen and oxygen atoms in total. The van der Waals surface area contributed by atoms with Crippen LogP contribution < -0.4 is 10.1 Å². The predicted molar refractivity (Wildman–Crippen MR) is 86.2 cm³/mol. The van der Waals surface area contributed by atoms with E-state index in [1.807, 2.05) is 26.0 Å². The van der Waals surface area contributed by atoms with Crippen molar-refractivity contribution in [1.82, 2.24) is 0 Å². The molecular formula is C15H15BrN2O3. The average molecular weight is 351 g/mol. The molecule has 6 heteroatoms. The summed E-state index contributed by atoms with van der Waals surface area (Å²) in [5, 5.41) is 14.3. The molecule has 0 aliphatic carbocycles. The van der Waals surface area contributed by atoms with Crippen LogP contribution in [0.5, 0.6) is 11.5 Å². The maximum atomic E-state index is 11.3. The molecule has 0 saturated heterocycles. The summed E-state index contributed by atoms with van der Waals surface area (Å²) in [5.74, 6) is 0.806. The van der Waals surface area contributed by atoms with Crippen molar-refractivity contribution in [3.05, 3.63) is 56.5 Å². The minimum Gasteiger partial charge on any atom is -0.450 e. The number of nitrogens with one attached hydrogen (secondary N) is 1. The summed E-state index contributed by atoms with van der Waals surface area (Å²) in [7, 11) is 0. The molecule has 0 aliphatic heterocycles. The van der Waals surface area contributed by atoms with Gasteiger partial charge in [0.2, 0.25) is 5.75 Å². The normalized spacial score (nSPS) is 10.2. The van der Waals surface area contributed by atoms with Crippen molar-refractivity contribution >= 4 is 27.3 Å². The SMILES string of the molecule is CCNc1cccc(Oc2cc(Br)ccc2C)c1[N+](=O)[O-]. The van der Waals surface area contributed by atoms with Gasteiger partial charge in [0.1, 0.15) is 11.4 Å². The number of hydrogen-bond acceptors (Lipinski definition) is 4. The Morgan fingerprint density at radius 2 is 2.05 bits per heavy atom. The maximum Gasteiger partial charge on any atom is 0.334 e. The summed E-state index contributed by atoms with van der Waals surface area (Å²) < 4.78 is 6.61. The molecule has 0 saturated carbocycles. The molecule has 21 heavy (non-hydrogen) atoms. The molecule has 0 atom stereocenters. The van der Waals surface area contributed by atoms with Crippen LogP contribution in [0.15, 0.2) is 40.9 Å². The molecule has 0 radical (unpaired) electrons. The van der Waals surface area contributed by atoms with Crippen molar-refractivity contribution in [3.63, 3.8) is 0 Å². The maximum absolute atomic E-state index is 11.3. The Hall–Kier alpha value is -2.08. The van der Waals surface area contributed by atoms with Gasteiger partial charge in [0.15, 0.2) is 0 Å². The highest BCUT2D eigenvalue weighted by molar-refractivity contribution is 9.10. The molecular weight excluding hydrogens is 336 g/mol. The fraction of sp³-hybridized carbons (Fsp3) is 0.200. The van der Waals surface area contributed by atoms with Gasteiger partial charge < -0.3 is 10.1 Å². The Labute approximate surface area is 131 Å². The number of anilines is 1. The van der Waals surface area contributed by atoms with Gasteiger partial charge in [0.05, 0.1) is 4.92 Å². The van der Waals surface area contributed by atoms with Gasteiger partial charge in [-0.25, -0.2) is 0 Å². The fourth-order valence-corrected chi connectivity index (χ4v) is 2.27. The third-order valence-electron chi connectivity index (χ3n) is 2.92. The number of nitrogens with zero attached hydrogens (tertiary/aromatic N) is 1. The summed E-state index contributed by atoms with van der Waals surface area (Å²) >= 11 is 3.37. The number of hydrogen-bond donors (Lipinski definition) is 1. The van der Waals surface area contributed by atoms with Crippen LogP contribution in [0.1, 0.15) is 12.5 Å². The lowest BCUT2D eigenvalue weighted by molar-refractivity contribution is -0.384. The van der Waals surface area contributed by atoms with Crippen LogP contribution in [-0.2, 0) is 0 Å². The Morgan fingerprint density at radius 3 is 2.71 bits per heavy atom. The van der Waals surface area contributed by atoms with Gasteiger partial charge in [-0.15, -0.1) is 0 Å². The average Bonchev–Trinajstić information content (AvgIpc) is 2.43. The highest BCUT2D eigenvalue weighted by Gasteiger charge is 2.21. The molecule has 0 unspecified atom stereocenters. The standard InChI is InChI=1S/C15H15BrN2O3/c1-3-17-12-5-4-6-13(15(12)18(19)20)21-14-9-11(16)8-7-10(14)2/h4-9,17H,3H2,1-2H3. The highest BCUT2D eigenvalue weighted by atomic mass is 79.9. The van der Waals surface area contributed by atoms with E-state index in [1.54, 1.807) is 24.3 Å². The number of para-hydroxylation sites is 1. The number of halogens is 1. The Morgan fingerprint density at radius 1 is 1.29 bits per heavy atom. The van der Waals surface area contributed by atoms with E-state index < -0.39 is 4.92 Å². The fourth-order valence-electron chi connectivity index (χ4n) is 1.93. The second-order valence-electron chi connectivity index (χ2n) is 4.45. The topological polar surface area (TPSA) is 64.4 Å². The lowest BCUT2D eigenvalue weighted by Gasteiger charge is -2.12. The zero-order valence-corrected chi connectivity index (χ0v) is 13.3. The van der Waals surface area contributed by atoms with E-state index in [4.69, 9.17) is 4.74 Å². The monoisotopic (exact) mass is 350 g/mol. The van der Waals surface area contributed by atoms with Gasteiger partial charge in [-0.2, -0.15) is 0 Å². The van der Waals surface area contributed by atoms with Crippen molar-refractivity contribution < 1.29 is 9.66 Å². The molecule has 2 rings (SSSR count). The number of aryl methyl sites for hydroxylation is 1. The first-order chi connectivity index (χ1) is 10.0. The second-order valence-corrected chi connectivity index (χ2v) is 5.37. The van der Waals surface area contributed by atoms with Gasteiger partial charge in [0, 0.05) is 11.0 Å². The van der Waals surface area contributed by atoms with Crippen molar-refractivity contribution in [2.75, 3.05) is 11.9 Å². The van der Waals surface area contributed by atoms with Crippen LogP contribution in [0.25, 0.3) is 0 Å². The largest absolute Gasteiger partial charge is 0.450 e. The molecule has 0 spiro atoms. The zero-order chi connectivity index (χ0) is 15.4. The smallest absolute Gasteiger partial charge is 0.334 e. The summed E-state index contributed by atoms with van der Waals surface area (Å²) in [6.07, 6.45) is 0. The molecule has 0 aliphatic rings. The number of nitro benzene ring substituents is 1. The minimum atomic E-state index is -0.430. The van der Waals surface area contributed by atoms with Gasteiger partial charge >= 0.3 is 5.69 Å². The molecule has 0 amide bonds. The van der Waals surface area contributed by atoms with E-state index in [1.165, 1.54) is 0 Å². The lowest BCUT2D eigenvalue weighted by atomic mass is 10.2. The van der Waals surface area contributed by atoms with Crippen molar-refractivity contribution in [3.8, 4) is 11.5 Å². The van der Waals surface area contributed by atoms with Gasteiger partial charge in [-0.1, -0.05) is 28.1 Å². The molecule has 1 N–H and O–H groups in total. The first-order valence-electron chi connectivity index (χ1n) is 6.48. The summed E-state index contributed by atoms with van der Waals surface area (Å²) in [4.78, 5) is 10.9. The Balaban J connectivity index is 2.46. The summed E-state index contributed by atoms with van der Waals surface area (Å²) in [6.45, 7) is 4.37. The first-order valence-corrected chi connectivity index (χ1v) is 7.27. The third kappa shape index (κ3) is 3.52. The quantitative estimate of drug-likeness (QED) is 0.615. The van der Waals surface area contributed by atoms with Gasteiger partial charge in [0.25, 0.3) is 0 Å². The van der Waals surface area contributed by atoms with Crippen molar-refractivity contribution in [1.29, 1.82) is 0 Å². The number of ether oxygens (including phenoxy) is 1. The van der Waals surface area contributed by atoms with E-state index in [2.05, 4.69) is 21.2 Å². The summed E-state index contributed by atoms with van der Waals surface area (Å²) in [5.41, 5.74) is 1.30. The molecule has 0 heterocycles. The number of rotatable bonds is 5. The van der Waals surface area contributed by atoms with Crippen LogP contribution >= 0.6 is 15.9 Å². The Kier molecular flexibility index (Phi) is 4.80. The third-order valence-corrected chi connectivity index (χ3v) is 3.41. The van der Waals surface area contributed by atoms with E-state index >= 15 is 0 Å². The minimum absolute atomic E-state index is 0.0567. The molecule has 0 aromatic heterocycles. The highest BCUT2D eigenvalue weighted by Crippen LogP contribution is 2.38. The van der Waals surface area contributed by atoms with E-state index in [0.29, 0.717) is 18.0 Å². The predicted octanol–water partition coefficient (Wildman–Crippen LogP) is 4.89. The van der Waals surface area contributed by atoms with Crippen LogP contribution in [0.3, 0.4) is 0 Å². The van der Waals surface area contributed by atoms with E-state index in [0.717, 1.165) is 10.0 Å². The zero-order valence-electron chi connectivity index (χ0n) is 11.7. The van der Waals surface area contributed by atoms with Crippen LogP contribution in [0, 0.1) is 17.0 Å². The van der Waals surface area contributed by atoms with Gasteiger partial charge in [-0.05, 0) is 43.7 Å². The molecule has 0 bridgehead atoms. The number of nitro groups is 1. The molecule has 110 valence electrons. The van der Waals surface area contributed by atoms with E-state index in [9.17, 15) is 10.1 Å². The van der Waals surface area contributed by atoms with E-state index in [-0.39, 0.29) is 11.4 Å². The van der Waals surface area contributed by atoms with Crippen LogP contribution in [0.2, 0.25) is 0 Å². The number of benzene rings is 2. The molecule has 2 aromatic rings. The van der Waals surface area contributed by atoms with Crippen LogP contribution in [0.4, 0.5) is 11.4 Å². The van der Waals surface area contributed by atoms with Crippen molar-refractivity contribution in [2.45, 2.75) is 13.8 Å². The second kappa shape index (κ2) is 6.58. The Bertz CT molecular complexity index is 674. The summed E-state index contributed by atoms with van der Waals surface area (Å²) in [6, 6.07) is 10.6. The lowest BCUT2D eigenvalue weighted by Crippen LogP contribution is -2.02. The van der Waals surface area contributed by atoms with Gasteiger partial charge in [-0.3, -0.25) is 10.1 Å². The van der Waals surface area contributed by atoms with Crippen molar-refractivity contribution in [2.24, 2.45) is 0 Å². The molecule has 2 aromatic carbocycles. The van der Waals surface area contributed by atoms with Crippen LogP contribution in [-0.4, -0.2) is 11.5 Å².